The Balaban J connectivity index is 0.000000290. The lowest BCUT2D eigenvalue weighted by Gasteiger charge is -2.33. The van der Waals surface area contributed by atoms with Gasteiger partial charge in [0.2, 0.25) is 11.8 Å². The summed E-state index contributed by atoms with van der Waals surface area (Å²) in [4.78, 5) is 33.1. The van der Waals surface area contributed by atoms with Gasteiger partial charge in [0, 0.05) is 53.9 Å². The smallest absolute Gasteiger partial charge is 0.278 e. The van der Waals surface area contributed by atoms with Gasteiger partial charge in [-0.3, -0.25) is 9.59 Å². The Hall–Kier alpha value is -4.51. The molecule has 2 fully saturated rings. The minimum Gasteiger partial charge on any atom is -0.481 e. The average Bonchev–Trinajstić information content (AvgIpc) is 3.77. The lowest BCUT2D eigenvalue weighted by Crippen LogP contribution is -2.52. The first-order chi connectivity index (χ1) is 23.8. The lowest BCUT2D eigenvalue weighted by atomic mass is 9.88. The van der Waals surface area contributed by atoms with Crippen LogP contribution in [0.15, 0.2) is 65.7 Å². The normalized spacial score (nSPS) is 18.2. The van der Waals surface area contributed by atoms with Gasteiger partial charge in [0.1, 0.15) is 5.82 Å². The number of nitrogens with one attached hydrogen (secondary N) is 3. The fourth-order valence-corrected chi connectivity index (χ4v) is 7.69. The number of aryl methyl sites for hydroxylation is 2. The fraction of sp³-hybridized carbons (Fsp3) is 0.324. The third-order valence-electron chi connectivity index (χ3n) is 9.63. The van der Waals surface area contributed by atoms with Gasteiger partial charge in [0.05, 0.1) is 45.7 Å². The van der Waals surface area contributed by atoms with E-state index in [4.69, 9.17) is 32.9 Å². The van der Waals surface area contributed by atoms with Crippen LogP contribution in [0.5, 0.6) is 5.88 Å². The molecule has 49 heavy (non-hydrogen) atoms. The number of fused-ring (bicyclic) bond motifs is 2. The number of methoxy groups -OCH3 is 1. The summed E-state index contributed by atoms with van der Waals surface area (Å²) in [5.74, 6) is 1.29. The number of piperidine rings is 1. The predicted octanol–water partition coefficient (Wildman–Crippen LogP) is 6.62. The Kier molecular flexibility index (Phi) is 9.28. The first kappa shape index (κ1) is 33.0. The SMILES string of the molecule is COc1nc(-c2cccc(-c3cccc(Nc4nccc5cnn(C)c(=O)c45)c3Cl)c2Cl)cc2c1CCC2.O=C1CCCC2(CCNC2)N1. The van der Waals surface area contributed by atoms with Crippen LogP contribution in [0, 0.1) is 0 Å². The molecule has 1 amide bonds. The molecule has 5 heterocycles. The molecule has 3 aliphatic rings. The zero-order valence-electron chi connectivity index (χ0n) is 27.4. The van der Waals surface area contributed by atoms with E-state index in [-0.39, 0.29) is 17.0 Å². The van der Waals surface area contributed by atoms with Crippen molar-refractivity contribution >= 4 is 51.4 Å². The molecule has 1 spiro atoms. The second-order valence-electron chi connectivity index (χ2n) is 12.8. The molecule has 0 bridgehead atoms. The van der Waals surface area contributed by atoms with E-state index in [2.05, 4.69) is 32.1 Å². The molecule has 3 N–H and O–H groups in total. The Labute approximate surface area is 294 Å². The number of nitrogens with zero attached hydrogens (tertiary/aromatic N) is 4. The van der Waals surface area contributed by atoms with Crippen molar-refractivity contribution in [3.63, 3.8) is 0 Å². The number of hydrogen-bond donors (Lipinski definition) is 3. The molecule has 12 heteroatoms. The maximum absolute atomic E-state index is 12.8. The van der Waals surface area contributed by atoms with Crippen molar-refractivity contribution in [3.8, 4) is 28.3 Å². The van der Waals surface area contributed by atoms with Gasteiger partial charge in [0.25, 0.3) is 5.56 Å². The van der Waals surface area contributed by atoms with E-state index in [0.717, 1.165) is 80.4 Å². The predicted molar refractivity (Wildman–Crippen MR) is 194 cm³/mol. The first-order valence-electron chi connectivity index (χ1n) is 16.5. The Bertz CT molecular complexity index is 2130. The highest BCUT2D eigenvalue weighted by Crippen LogP contribution is 2.43. The van der Waals surface area contributed by atoms with Crippen LogP contribution in [-0.2, 0) is 24.7 Å². The van der Waals surface area contributed by atoms with Crippen LogP contribution in [-0.4, -0.2) is 51.4 Å². The maximum Gasteiger partial charge on any atom is 0.278 e. The van der Waals surface area contributed by atoms with Gasteiger partial charge in [-0.1, -0.05) is 53.5 Å². The second-order valence-corrected chi connectivity index (χ2v) is 13.5. The minimum absolute atomic E-state index is 0.134. The van der Waals surface area contributed by atoms with E-state index in [1.807, 2.05) is 36.4 Å². The standard InChI is InChI=1S/C29H23Cl2N5O2.C8H14N2O/c1-36-29(37)24-17(15-33-36)12-13-32-27(24)34-22-11-5-9-20(26(22)31)19-8-4-10-21(25(19)30)23-14-16-6-3-7-18(16)28(35-23)38-2;11-7-2-1-3-8(10-7)4-5-9-6-8/h4-5,8-15H,3,6-7H2,1-2H3,(H,32,34);9H,1-6H2,(H,10,11). The summed E-state index contributed by atoms with van der Waals surface area (Å²) >= 11 is 13.9. The van der Waals surface area contributed by atoms with E-state index in [1.54, 1.807) is 32.6 Å². The van der Waals surface area contributed by atoms with Crippen molar-refractivity contribution in [2.75, 3.05) is 25.5 Å². The molecule has 5 aromatic rings. The minimum atomic E-state index is -0.251. The van der Waals surface area contributed by atoms with Crippen molar-refractivity contribution in [3.05, 3.63) is 92.5 Å². The highest BCUT2D eigenvalue weighted by Gasteiger charge is 2.37. The number of benzene rings is 2. The van der Waals surface area contributed by atoms with Gasteiger partial charge in [0.15, 0.2) is 0 Å². The van der Waals surface area contributed by atoms with Gasteiger partial charge in [-0.05, 0) is 68.8 Å². The topological polar surface area (TPSA) is 123 Å². The zero-order chi connectivity index (χ0) is 34.1. The molecular weight excluding hydrogens is 661 g/mol. The first-order valence-corrected chi connectivity index (χ1v) is 17.3. The van der Waals surface area contributed by atoms with Gasteiger partial charge >= 0.3 is 0 Å². The molecule has 1 aliphatic carbocycles. The quantitative estimate of drug-likeness (QED) is 0.187. The summed E-state index contributed by atoms with van der Waals surface area (Å²) in [5.41, 5.74) is 5.99. The number of carbonyl (C=O) groups excluding carboxylic acids is 1. The van der Waals surface area contributed by atoms with Gasteiger partial charge < -0.3 is 20.7 Å². The van der Waals surface area contributed by atoms with Crippen LogP contribution in [0.1, 0.15) is 43.2 Å². The Morgan fingerprint density at radius 3 is 2.53 bits per heavy atom. The lowest BCUT2D eigenvalue weighted by molar-refractivity contribution is -0.124. The molecule has 2 aliphatic heterocycles. The van der Waals surface area contributed by atoms with Gasteiger partial charge in [-0.2, -0.15) is 5.10 Å². The van der Waals surface area contributed by atoms with E-state index in [1.165, 1.54) is 15.8 Å². The molecule has 2 aromatic carbocycles. The monoisotopic (exact) mass is 697 g/mol. The number of hydrogen-bond acceptors (Lipinski definition) is 8. The molecule has 1 unspecified atom stereocenters. The van der Waals surface area contributed by atoms with E-state index >= 15 is 0 Å². The summed E-state index contributed by atoms with van der Waals surface area (Å²) in [6.45, 7) is 2.03. The highest BCUT2D eigenvalue weighted by molar-refractivity contribution is 6.39. The van der Waals surface area contributed by atoms with Crippen molar-refractivity contribution < 1.29 is 9.53 Å². The van der Waals surface area contributed by atoms with Gasteiger partial charge in [-0.25, -0.2) is 14.6 Å². The van der Waals surface area contributed by atoms with E-state index < -0.39 is 0 Å². The number of rotatable bonds is 5. The summed E-state index contributed by atoms with van der Waals surface area (Å²) < 4.78 is 6.87. The number of carbonyl (C=O) groups is 1. The van der Waals surface area contributed by atoms with Crippen molar-refractivity contribution in [2.45, 2.75) is 50.5 Å². The van der Waals surface area contributed by atoms with Crippen LogP contribution in [0.25, 0.3) is 33.2 Å². The number of ether oxygens (including phenoxy) is 1. The summed E-state index contributed by atoms with van der Waals surface area (Å²) in [6.07, 6.45) is 10.4. The molecule has 0 radical (unpaired) electrons. The fourth-order valence-electron chi connectivity index (χ4n) is 7.09. The van der Waals surface area contributed by atoms with Crippen LogP contribution in [0.2, 0.25) is 10.0 Å². The molecule has 10 nitrogen and oxygen atoms in total. The average molecular weight is 699 g/mol. The summed E-state index contributed by atoms with van der Waals surface area (Å²) in [6, 6.07) is 15.3. The summed E-state index contributed by atoms with van der Waals surface area (Å²) in [5, 5.41) is 15.8. The van der Waals surface area contributed by atoms with Crippen LogP contribution < -0.4 is 26.2 Å². The number of amides is 1. The second kappa shape index (κ2) is 13.8. The number of halogens is 2. The molecule has 0 saturated carbocycles. The number of anilines is 2. The van der Waals surface area contributed by atoms with Crippen LogP contribution in [0.3, 0.4) is 0 Å². The third-order valence-corrected chi connectivity index (χ3v) is 10.4. The molecule has 8 rings (SSSR count). The molecule has 252 valence electrons. The van der Waals surface area contributed by atoms with Crippen molar-refractivity contribution in [1.29, 1.82) is 0 Å². The van der Waals surface area contributed by atoms with Gasteiger partial charge in [-0.15, -0.1) is 0 Å². The largest absolute Gasteiger partial charge is 0.481 e. The van der Waals surface area contributed by atoms with E-state index in [0.29, 0.717) is 38.2 Å². The molecule has 2 saturated heterocycles. The Morgan fingerprint density at radius 2 is 1.76 bits per heavy atom. The van der Waals surface area contributed by atoms with Crippen molar-refractivity contribution in [2.24, 2.45) is 7.05 Å². The molecule has 1 atom stereocenters. The Morgan fingerprint density at radius 1 is 0.959 bits per heavy atom. The number of aromatic nitrogens is 4. The van der Waals surface area contributed by atoms with E-state index in [9.17, 15) is 9.59 Å². The maximum atomic E-state index is 12.8. The zero-order valence-corrected chi connectivity index (χ0v) is 28.9. The van der Waals surface area contributed by atoms with Crippen LogP contribution in [0.4, 0.5) is 11.5 Å². The third kappa shape index (κ3) is 6.48. The number of pyridine rings is 2. The highest BCUT2D eigenvalue weighted by atomic mass is 35.5. The summed E-state index contributed by atoms with van der Waals surface area (Å²) in [7, 11) is 3.25. The van der Waals surface area contributed by atoms with Crippen molar-refractivity contribution in [1.82, 2.24) is 30.4 Å². The molecule has 3 aromatic heterocycles. The van der Waals surface area contributed by atoms with Crippen LogP contribution >= 0.6 is 23.2 Å². The molecular formula is C37H37Cl2N7O3.